The van der Waals surface area contributed by atoms with Crippen LogP contribution in [0.15, 0.2) is 6.07 Å². The van der Waals surface area contributed by atoms with Crippen LogP contribution in [0.2, 0.25) is 0 Å². The zero-order chi connectivity index (χ0) is 14.7. The first kappa shape index (κ1) is 15.0. The van der Waals surface area contributed by atoms with Crippen LogP contribution in [0, 0.1) is 6.92 Å². The van der Waals surface area contributed by atoms with E-state index in [1.165, 1.54) is 5.69 Å². The van der Waals surface area contributed by atoms with Gasteiger partial charge in [0, 0.05) is 46.8 Å². The third-order valence-corrected chi connectivity index (χ3v) is 3.73. The highest BCUT2D eigenvalue weighted by atomic mass is 16.2. The fourth-order valence-corrected chi connectivity index (χ4v) is 2.69. The van der Waals surface area contributed by atoms with Crippen LogP contribution in [-0.4, -0.2) is 65.3 Å². The molecule has 6 nitrogen and oxygen atoms in total. The number of piperazine rings is 1. The van der Waals surface area contributed by atoms with Crippen molar-refractivity contribution in [2.24, 2.45) is 0 Å². The number of amides is 1. The van der Waals surface area contributed by atoms with Gasteiger partial charge < -0.3 is 10.2 Å². The summed E-state index contributed by atoms with van der Waals surface area (Å²) in [7, 11) is 3.63. The molecule has 2 rings (SSSR count). The topological polar surface area (TPSA) is 53.4 Å². The molecule has 6 heteroatoms. The molecule has 1 fully saturated rings. The average molecular weight is 279 g/mol. The van der Waals surface area contributed by atoms with E-state index in [0.717, 1.165) is 38.4 Å². The van der Waals surface area contributed by atoms with Gasteiger partial charge in [0.05, 0.1) is 11.4 Å². The Morgan fingerprint density at radius 2 is 2.30 bits per heavy atom. The van der Waals surface area contributed by atoms with E-state index in [1.807, 2.05) is 25.7 Å². The lowest BCUT2D eigenvalue weighted by atomic mass is 10.1. The maximum Gasteiger partial charge on any atom is 0.240 e. The molecule has 0 spiro atoms. The van der Waals surface area contributed by atoms with Gasteiger partial charge in [-0.1, -0.05) is 0 Å². The second-order valence-corrected chi connectivity index (χ2v) is 5.52. The minimum Gasteiger partial charge on any atom is -0.347 e. The van der Waals surface area contributed by atoms with E-state index in [-0.39, 0.29) is 11.9 Å². The number of nitrogens with one attached hydrogen (secondary N) is 1. The molecule has 1 aliphatic heterocycles. The van der Waals surface area contributed by atoms with Crippen LogP contribution in [-0.2, 0) is 17.9 Å². The molecule has 1 N–H and O–H groups in total. The Balaban J connectivity index is 2.14. The molecule has 1 aromatic rings. The molecule has 2 heterocycles. The van der Waals surface area contributed by atoms with Crippen molar-refractivity contribution in [3.63, 3.8) is 0 Å². The number of nitrogens with zero attached hydrogens (tertiary/aromatic N) is 4. The van der Waals surface area contributed by atoms with E-state index in [4.69, 9.17) is 0 Å². The summed E-state index contributed by atoms with van der Waals surface area (Å²) in [6, 6.07) is 2.03. The molecule has 0 bridgehead atoms. The molecule has 0 aromatic carbocycles. The number of likely N-dealkylation sites (N-methyl/N-ethyl adjacent to an activating group) is 1. The van der Waals surface area contributed by atoms with Crippen molar-refractivity contribution in [2.75, 3.05) is 33.7 Å². The molecule has 1 aromatic heterocycles. The van der Waals surface area contributed by atoms with E-state index in [2.05, 4.69) is 28.3 Å². The third-order valence-electron chi connectivity index (χ3n) is 3.73. The Bertz CT molecular complexity index is 468. The molecular weight excluding hydrogens is 254 g/mol. The molecule has 1 unspecified atom stereocenters. The Hall–Kier alpha value is -1.40. The van der Waals surface area contributed by atoms with Gasteiger partial charge >= 0.3 is 0 Å². The van der Waals surface area contributed by atoms with E-state index in [9.17, 15) is 4.79 Å². The van der Waals surface area contributed by atoms with Gasteiger partial charge in [-0.25, -0.2) is 0 Å². The van der Waals surface area contributed by atoms with E-state index >= 15 is 0 Å². The SMILES string of the molecule is CCn1nc(C)cc1CN1CCNCC1C(=O)N(C)C. The smallest absolute Gasteiger partial charge is 0.240 e. The highest BCUT2D eigenvalue weighted by Gasteiger charge is 2.30. The summed E-state index contributed by atoms with van der Waals surface area (Å²) in [6.45, 7) is 8.28. The van der Waals surface area contributed by atoms with Gasteiger partial charge in [-0.15, -0.1) is 0 Å². The van der Waals surface area contributed by atoms with Crippen LogP contribution in [0.4, 0.5) is 0 Å². The average Bonchev–Trinajstić information content (AvgIpc) is 2.78. The van der Waals surface area contributed by atoms with Gasteiger partial charge in [0.25, 0.3) is 0 Å². The zero-order valence-corrected chi connectivity index (χ0v) is 12.9. The molecule has 0 aliphatic carbocycles. The number of carbonyl (C=O) groups is 1. The van der Waals surface area contributed by atoms with Crippen LogP contribution in [0.1, 0.15) is 18.3 Å². The summed E-state index contributed by atoms with van der Waals surface area (Å²) in [5.74, 6) is 0.163. The van der Waals surface area contributed by atoms with Gasteiger partial charge in [0.2, 0.25) is 5.91 Å². The number of aromatic nitrogens is 2. The van der Waals surface area contributed by atoms with Gasteiger partial charge in [-0.2, -0.15) is 5.10 Å². The van der Waals surface area contributed by atoms with Crippen molar-refractivity contribution < 1.29 is 4.79 Å². The summed E-state index contributed by atoms with van der Waals surface area (Å²) < 4.78 is 2.02. The number of hydrogen-bond acceptors (Lipinski definition) is 4. The summed E-state index contributed by atoms with van der Waals surface area (Å²) in [4.78, 5) is 16.2. The lowest BCUT2D eigenvalue weighted by molar-refractivity contribution is -0.135. The summed E-state index contributed by atoms with van der Waals surface area (Å²) in [6.07, 6.45) is 0. The zero-order valence-electron chi connectivity index (χ0n) is 12.9. The largest absolute Gasteiger partial charge is 0.347 e. The second kappa shape index (κ2) is 6.37. The first-order chi connectivity index (χ1) is 9.52. The molecular formula is C14H25N5O. The minimum absolute atomic E-state index is 0.0840. The molecule has 0 radical (unpaired) electrons. The van der Waals surface area contributed by atoms with Gasteiger partial charge in [-0.3, -0.25) is 14.4 Å². The van der Waals surface area contributed by atoms with Crippen LogP contribution >= 0.6 is 0 Å². The molecule has 1 atom stereocenters. The first-order valence-electron chi connectivity index (χ1n) is 7.22. The van der Waals surface area contributed by atoms with Crippen LogP contribution in [0.3, 0.4) is 0 Å². The maximum absolute atomic E-state index is 12.3. The lowest BCUT2D eigenvalue weighted by Gasteiger charge is -2.36. The third kappa shape index (κ3) is 3.19. The van der Waals surface area contributed by atoms with Crippen molar-refractivity contribution in [1.82, 2.24) is 24.9 Å². The molecule has 1 saturated heterocycles. The minimum atomic E-state index is -0.0840. The first-order valence-corrected chi connectivity index (χ1v) is 7.22. The lowest BCUT2D eigenvalue weighted by Crippen LogP contribution is -2.57. The molecule has 112 valence electrons. The Labute approximate surface area is 120 Å². The quantitative estimate of drug-likeness (QED) is 0.848. The van der Waals surface area contributed by atoms with Gasteiger partial charge in [0.15, 0.2) is 0 Å². The van der Waals surface area contributed by atoms with Crippen LogP contribution in [0.5, 0.6) is 0 Å². The van der Waals surface area contributed by atoms with E-state index < -0.39 is 0 Å². The summed E-state index contributed by atoms with van der Waals surface area (Å²) in [5, 5.41) is 7.79. The van der Waals surface area contributed by atoms with Crippen LogP contribution < -0.4 is 5.32 Å². The number of hydrogen-bond donors (Lipinski definition) is 1. The van der Waals surface area contributed by atoms with E-state index in [1.54, 1.807) is 4.90 Å². The molecule has 0 saturated carbocycles. The predicted octanol–water partition coefficient (Wildman–Crippen LogP) is 0.0734. The van der Waals surface area contributed by atoms with Crippen molar-refractivity contribution >= 4 is 5.91 Å². The fourth-order valence-electron chi connectivity index (χ4n) is 2.69. The highest BCUT2D eigenvalue weighted by Crippen LogP contribution is 2.13. The van der Waals surface area contributed by atoms with Gasteiger partial charge in [0.1, 0.15) is 6.04 Å². The standard InChI is InChI=1S/C14H25N5O/c1-5-19-12(8-11(2)16-19)10-18-7-6-15-9-13(18)14(20)17(3)4/h8,13,15H,5-7,9-10H2,1-4H3. The monoisotopic (exact) mass is 279 g/mol. The molecule has 1 aliphatic rings. The normalized spacial score (nSPS) is 20.1. The van der Waals surface area contributed by atoms with Crippen molar-refractivity contribution in [3.05, 3.63) is 17.5 Å². The Morgan fingerprint density at radius 1 is 1.55 bits per heavy atom. The maximum atomic E-state index is 12.3. The molecule has 20 heavy (non-hydrogen) atoms. The van der Waals surface area contributed by atoms with Crippen molar-refractivity contribution in [2.45, 2.75) is 33.0 Å². The number of aryl methyl sites for hydroxylation is 2. The Morgan fingerprint density at radius 3 is 2.95 bits per heavy atom. The second-order valence-electron chi connectivity index (χ2n) is 5.52. The summed E-state index contributed by atoms with van der Waals surface area (Å²) in [5.41, 5.74) is 2.22. The predicted molar refractivity (Wildman–Crippen MR) is 78.4 cm³/mol. The van der Waals surface area contributed by atoms with Crippen molar-refractivity contribution in [1.29, 1.82) is 0 Å². The number of rotatable bonds is 4. The van der Waals surface area contributed by atoms with Crippen molar-refractivity contribution in [3.8, 4) is 0 Å². The molecule has 1 amide bonds. The van der Waals surface area contributed by atoms with Gasteiger partial charge in [-0.05, 0) is 19.9 Å². The summed E-state index contributed by atoms with van der Waals surface area (Å²) >= 11 is 0. The van der Waals surface area contributed by atoms with Crippen LogP contribution in [0.25, 0.3) is 0 Å². The fraction of sp³-hybridized carbons (Fsp3) is 0.714. The number of carbonyl (C=O) groups excluding carboxylic acids is 1. The van der Waals surface area contributed by atoms with E-state index in [0.29, 0.717) is 0 Å². The Kier molecular flexibility index (Phi) is 4.77. The highest BCUT2D eigenvalue weighted by molar-refractivity contribution is 5.81.